The van der Waals surface area contributed by atoms with Crippen LogP contribution in [0.2, 0.25) is 0 Å². The van der Waals surface area contributed by atoms with E-state index in [0.29, 0.717) is 6.04 Å². The average Bonchev–Trinajstić information content (AvgIpc) is 2.93. The molecule has 19 heavy (non-hydrogen) atoms. The Morgan fingerprint density at radius 1 is 1.26 bits per heavy atom. The van der Waals surface area contributed by atoms with Gasteiger partial charge in [-0.25, -0.2) is 0 Å². The van der Waals surface area contributed by atoms with Crippen molar-refractivity contribution in [1.29, 1.82) is 0 Å². The van der Waals surface area contributed by atoms with Gasteiger partial charge >= 0.3 is 0 Å². The van der Waals surface area contributed by atoms with E-state index >= 15 is 0 Å². The molecule has 1 aromatic heterocycles. The van der Waals surface area contributed by atoms with Crippen molar-refractivity contribution in [2.75, 3.05) is 0 Å². The highest BCUT2D eigenvalue weighted by Gasteiger charge is 2.28. The van der Waals surface area contributed by atoms with Crippen molar-refractivity contribution in [1.82, 2.24) is 5.43 Å². The van der Waals surface area contributed by atoms with Gasteiger partial charge in [0.1, 0.15) is 0 Å². The van der Waals surface area contributed by atoms with Gasteiger partial charge in [-0.15, -0.1) is 0 Å². The molecule has 1 heterocycles. The summed E-state index contributed by atoms with van der Waals surface area (Å²) < 4.78 is 0. The summed E-state index contributed by atoms with van der Waals surface area (Å²) in [5.74, 6) is 8.35. The molecule has 0 radical (unpaired) electrons. The molecule has 0 amide bonds. The molecule has 1 aliphatic rings. The maximum Gasteiger partial charge on any atom is 0.0241 e. The van der Waals surface area contributed by atoms with Gasteiger partial charge in [0.2, 0.25) is 0 Å². The lowest BCUT2D eigenvalue weighted by Crippen LogP contribution is -2.42. The molecule has 2 rings (SSSR count). The van der Waals surface area contributed by atoms with E-state index < -0.39 is 0 Å². The highest BCUT2D eigenvalue weighted by atomic mass is 32.1. The standard InChI is InChI=1S/C16H28N2S/c1-12(2)14-4-6-15(7-5-14)16(18-17)8-3-13-9-10-19-11-13/h9-12,14-16,18H,3-8,17H2,1-2H3. The Kier molecular flexibility index (Phi) is 5.86. The normalized spacial score (nSPS) is 25.7. The highest BCUT2D eigenvalue weighted by Crippen LogP contribution is 2.35. The van der Waals surface area contributed by atoms with Gasteiger partial charge in [-0.1, -0.05) is 13.8 Å². The van der Waals surface area contributed by atoms with Gasteiger partial charge in [0.25, 0.3) is 0 Å². The van der Waals surface area contributed by atoms with Gasteiger partial charge in [0.05, 0.1) is 0 Å². The number of thiophene rings is 1. The summed E-state index contributed by atoms with van der Waals surface area (Å²) >= 11 is 1.79. The van der Waals surface area contributed by atoms with E-state index in [-0.39, 0.29) is 0 Å². The molecule has 1 unspecified atom stereocenters. The first kappa shape index (κ1) is 15.0. The Balaban J connectivity index is 1.78. The monoisotopic (exact) mass is 280 g/mol. The van der Waals surface area contributed by atoms with Crippen LogP contribution in [0.1, 0.15) is 51.5 Å². The van der Waals surface area contributed by atoms with E-state index in [1.807, 2.05) is 0 Å². The maximum absolute atomic E-state index is 5.79. The number of aryl methyl sites for hydroxylation is 1. The summed E-state index contributed by atoms with van der Waals surface area (Å²) in [7, 11) is 0. The van der Waals surface area contributed by atoms with Gasteiger partial charge in [-0.05, 0) is 78.7 Å². The van der Waals surface area contributed by atoms with E-state index in [1.165, 1.54) is 37.7 Å². The quantitative estimate of drug-likeness (QED) is 0.611. The Morgan fingerprint density at radius 3 is 2.47 bits per heavy atom. The lowest BCUT2D eigenvalue weighted by Gasteiger charge is -2.35. The zero-order valence-electron chi connectivity index (χ0n) is 12.3. The van der Waals surface area contributed by atoms with Crippen molar-refractivity contribution in [3.8, 4) is 0 Å². The summed E-state index contributed by atoms with van der Waals surface area (Å²) in [4.78, 5) is 0. The van der Waals surface area contributed by atoms with Gasteiger partial charge in [-0.2, -0.15) is 11.3 Å². The Bertz CT molecular complexity index is 340. The van der Waals surface area contributed by atoms with Gasteiger partial charge in [0, 0.05) is 6.04 Å². The molecule has 3 heteroatoms. The number of hydrazine groups is 1. The molecule has 0 aliphatic heterocycles. The second-order valence-corrected chi connectivity index (χ2v) is 7.14. The van der Waals surface area contributed by atoms with E-state index in [4.69, 9.17) is 5.84 Å². The summed E-state index contributed by atoms with van der Waals surface area (Å²) in [6.07, 6.45) is 7.80. The van der Waals surface area contributed by atoms with Crippen LogP contribution in [0.3, 0.4) is 0 Å². The van der Waals surface area contributed by atoms with Crippen molar-refractivity contribution in [2.45, 2.75) is 58.4 Å². The van der Waals surface area contributed by atoms with Crippen molar-refractivity contribution < 1.29 is 0 Å². The van der Waals surface area contributed by atoms with Crippen LogP contribution in [-0.4, -0.2) is 6.04 Å². The average molecular weight is 280 g/mol. The zero-order chi connectivity index (χ0) is 13.7. The molecular formula is C16H28N2S. The van der Waals surface area contributed by atoms with Crippen LogP contribution in [-0.2, 0) is 6.42 Å². The van der Waals surface area contributed by atoms with E-state index in [2.05, 4.69) is 36.1 Å². The van der Waals surface area contributed by atoms with Crippen molar-refractivity contribution >= 4 is 11.3 Å². The predicted molar refractivity (Wildman–Crippen MR) is 84.0 cm³/mol. The fourth-order valence-corrected chi connectivity index (χ4v) is 4.13. The molecular weight excluding hydrogens is 252 g/mol. The van der Waals surface area contributed by atoms with Crippen LogP contribution in [0.25, 0.3) is 0 Å². The molecule has 1 aliphatic carbocycles. The second-order valence-electron chi connectivity index (χ2n) is 6.36. The van der Waals surface area contributed by atoms with Crippen molar-refractivity contribution in [2.24, 2.45) is 23.6 Å². The Hall–Kier alpha value is -0.380. The Morgan fingerprint density at radius 2 is 1.95 bits per heavy atom. The minimum Gasteiger partial charge on any atom is -0.271 e. The fraction of sp³-hybridized carbons (Fsp3) is 0.750. The van der Waals surface area contributed by atoms with Crippen molar-refractivity contribution in [3.63, 3.8) is 0 Å². The lowest BCUT2D eigenvalue weighted by atomic mass is 9.74. The second kappa shape index (κ2) is 7.41. The molecule has 108 valence electrons. The highest BCUT2D eigenvalue weighted by molar-refractivity contribution is 7.07. The SMILES string of the molecule is CC(C)C1CCC(C(CCc2ccsc2)NN)CC1. The van der Waals surface area contributed by atoms with Crippen LogP contribution < -0.4 is 11.3 Å². The number of hydrogen-bond acceptors (Lipinski definition) is 3. The third-order valence-electron chi connectivity index (χ3n) is 4.87. The first-order valence-electron chi connectivity index (χ1n) is 7.68. The molecule has 0 aromatic carbocycles. The van der Waals surface area contributed by atoms with E-state index in [0.717, 1.165) is 24.2 Å². The molecule has 1 atom stereocenters. The smallest absolute Gasteiger partial charge is 0.0241 e. The van der Waals surface area contributed by atoms with E-state index in [1.54, 1.807) is 11.3 Å². The van der Waals surface area contributed by atoms with Gasteiger partial charge in [-0.3, -0.25) is 11.3 Å². The van der Waals surface area contributed by atoms with Crippen LogP contribution in [0.4, 0.5) is 0 Å². The third kappa shape index (κ3) is 4.30. The van der Waals surface area contributed by atoms with E-state index in [9.17, 15) is 0 Å². The molecule has 1 fully saturated rings. The van der Waals surface area contributed by atoms with Crippen molar-refractivity contribution in [3.05, 3.63) is 22.4 Å². The molecule has 0 bridgehead atoms. The molecule has 1 aromatic rings. The van der Waals surface area contributed by atoms with Crippen LogP contribution in [0, 0.1) is 17.8 Å². The number of nitrogens with one attached hydrogen (secondary N) is 1. The van der Waals surface area contributed by atoms with Gasteiger partial charge in [0.15, 0.2) is 0 Å². The third-order valence-corrected chi connectivity index (χ3v) is 5.60. The first-order chi connectivity index (χ1) is 9.20. The first-order valence-corrected chi connectivity index (χ1v) is 8.62. The number of rotatable bonds is 6. The van der Waals surface area contributed by atoms with Gasteiger partial charge < -0.3 is 0 Å². The zero-order valence-corrected chi connectivity index (χ0v) is 13.1. The molecule has 1 saturated carbocycles. The number of nitrogens with two attached hydrogens (primary N) is 1. The summed E-state index contributed by atoms with van der Waals surface area (Å²) in [5.41, 5.74) is 4.54. The minimum absolute atomic E-state index is 0.494. The van der Waals surface area contributed by atoms with Crippen LogP contribution in [0.5, 0.6) is 0 Å². The molecule has 2 nitrogen and oxygen atoms in total. The summed E-state index contributed by atoms with van der Waals surface area (Å²) in [6.45, 7) is 4.72. The maximum atomic E-state index is 5.79. The Labute approximate surface area is 121 Å². The predicted octanol–water partition coefficient (Wildman–Crippen LogP) is 3.98. The molecule has 0 spiro atoms. The minimum atomic E-state index is 0.494. The molecule has 0 saturated heterocycles. The number of hydrogen-bond donors (Lipinski definition) is 2. The molecule has 3 N–H and O–H groups in total. The largest absolute Gasteiger partial charge is 0.271 e. The fourth-order valence-electron chi connectivity index (χ4n) is 3.43. The summed E-state index contributed by atoms with van der Waals surface area (Å²) in [6, 6.07) is 2.72. The van der Waals surface area contributed by atoms with Crippen LogP contribution >= 0.6 is 11.3 Å². The summed E-state index contributed by atoms with van der Waals surface area (Å²) in [5, 5.41) is 4.41. The van der Waals surface area contributed by atoms with Crippen LogP contribution in [0.15, 0.2) is 16.8 Å². The topological polar surface area (TPSA) is 38.0 Å². The lowest BCUT2D eigenvalue weighted by molar-refractivity contribution is 0.184.